The number of phenolic OH excluding ortho intramolecular Hbond substituents is 1. The van der Waals surface area contributed by atoms with E-state index >= 15 is 0 Å². The first-order valence-electron chi connectivity index (χ1n) is 6.53. The summed E-state index contributed by atoms with van der Waals surface area (Å²) in [7, 11) is 2.67. The highest BCUT2D eigenvalue weighted by Crippen LogP contribution is 2.32. The van der Waals surface area contributed by atoms with E-state index in [2.05, 4.69) is 0 Å². The van der Waals surface area contributed by atoms with E-state index in [1.165, 1.54) is 19.1 Å². The standard InChI is InChI=1S/C15H21NO5/c1-9-6-7-12(17)10(2)14(9)16(13(18)8-20-4)11(3)15(19)21-5/h6-7,11,17H,8H2,1-5H3/t11-/m0/s1. The average molecular weight is 295 g/mol. The van der Waals surface area contributed by atoms with E-state index in [0.29, 0.717) is 11.3 Å². The van der Waals surface area contributed by atoms with Gasteiger partial charge in [-0.3, -0.25) is 9.69 Å². The number of hydrogen-bond acceptors (Lipinski definition) is 5. The Kier molecular flexibility index (Phi) is 5.72. The maximum Gasteiger partial charge on any atom is 0.328 e. The van der Waals surface area contributed by atoms with Crippen molar-refractivity contribution in [3.8, 4) is 5.75 Å². The number of methoxy groups -OCH3 is 2. The predicted octanol–water partition coefficient (Wildman–Crippen LogP) is 1.55. The predicted molar refractivity (Wildman–Crippen MR) is 78.4 cm³/mol. The summed E-state index contributed by atoms with van der Waals surface area (Å²) in [5, 5.41) is 9.88. The van der Waals surface area contributed by atoms with Crippen LogP contribution >= 0.6 is 0 Å². The van der Waals surface area contributed by atoms with Gasteiger partial charge >= 0.3 is 5.97 Å². The van der Waals surface area contributed by atoms with Crippen LogP contribution in [0, 0.1) is 13.8 Å². The molecule has 0 saturated heterocycles. The monoisotopic (exact) mass is 295 g/mol. The molecule has 0 unspecified atom stereocenters. The number of aryl methyl sites for hydroxylation is 1. The van der Waals surface area contributed by atoms with Crippen LogP contribution in [-0.4, -0.2) is 43.9 Å². The molecule has 0 bridgehead atoms. The number of benzene rings is 1. The van der Waals surface area contributed by atoms with Crippen LogP contribution in [0.25, 0.3) is 0 Å². The molecule has 0 aliphatic rings. The molecular weight excluding hydrogens is 274 g/mol. The van der Waals surface area contributed by atoms with Crippen molar-refractivity contribution in [3.05, 3.63) is 23.3 Å². The van der Waals surface area contributed by atoms with Crippen LogP contribution in [0.1, 0.15) is 18.1 Å². The van der Waals surface area contributed by atoms with E-state index in [1.807, 2.05) is 0 Å². The number of carbonyl (C=O) groups is 2. The highest BCUT2D eigenvalue weighted by Gasteiger charge is 2.30. The van der Waals surface area contributed by atoms with Gasteiger partial charge < -0.3 is 14.6 Å². The van der Waals surface area contributed by atoms with Crippen LogP contribution in [0.4, 0.5) is 5.69 Å². The SMILES string of the molecule is COCC(=O)N(c1c(C)ccc(O)c1C)[C@@H](C)C(=O)OC. The molecule has 0 aliphatic heterocycles. The molecule has 1 rings (SSSR count). The van der Waals surface area contributed by atoms with Gasteiger partial charge in [0.1, 0.15) is 18.4 Å². The van der Waals surface area contributed by atoms with Crippen molar-refractivity contribution in [3.63, 3.8) is 0 Å². The third-order valence-electron chi connectivity index (χ3n) is 3.31. The minimum absolute atomic E-state index is 0.0582. The first-order valence-corrected chi connectivity index (χ1v) is 6.53. The van der Waals surface area contributed by atoms with Gasteiger partial charge in [-0.1, -0.05) is 6.07 Å². The number of esters is 1. The summed E-state index contributed by atoms with van der Waals surface area (Å²) in [6, 6.07) is 2.42. The first-order chi connectivity index (χ1) is 9.84. The second-order valence-corrected chi connectivity index (χ2v) is 4.77. The molecular formula is C15H21NO5. The molecule has 0 radical (unpaired) electrons. The Labute approximate surface area is 124 Å². The van der Waals surface area contributed by atoms with Crippen molar-refractivity contribution < 1.29 is 24.2 Å². The first kappa shape index (κ1) is 17.0. The number of ether oxygens (including phenoxy) is 2. The van der Waals surface area contributed by atoms with Gasteiger partial charge in [-0.05, 0) is 32.4 Å². The fraction of sp³-hybridized carbons (Fsp3) is 0.467. The number of aromatic hydroxyl groups is 1. The Morgan fingerprint density at radius 2 is 1.90 bits per heavy atom. The van der Waals surface area contributed by atoms with Gasteiger partial charge in [-0.15, -0.1) is 0 Å². The Bertz CT molecular complexity index is 541. The van der Waals surface area contributed by atoms with E-state index in [1.54, 1.807) is 32.9 Å². The Hall–Kier alpha value is -2.08. The Balaban J connectivity index is 3.41. The van der Waals surface area contributed by atoms with Crippen molar-refractivity contribution >= 4 is 17.6 Å². The average Bonchev–Trinajstić information content (AvgIpc) is 2.46. The van der Waals surface area contributed by atoms with Crippen molar-refractivity contribution in [2.75, 3.05) is 25.7 Å². The maximum atomic E-state index is 12.3. The molecule has 21 heavy (non-hydrogen) atoms. The lowest BCUT2D eigenvalue weighted by Crippen LogP contribution is -2.46. The maximum absolute atomic E-state index is 12.3. The fourth-order valence-corrected chi connectivity index (χ4v) is 2.20. The van der Waals surface area contributed by atoms with Gasteiger partial charge in [0.05, 0.1) is 12.8 Å². The molecule has 0 aromatic heterocycles. The number of carbonyl (C=O) groups excluding carboxylic acids is 2. The quantitative estimate of drug-likeness (QED) is 0.834. The normalized spacial score (nSPS) is 11.9. The lowest BCUT2D eigenvalue weighted by atomic mass is 10.0. The second-order valence-electron chi connectivity index (χ2n) is 4.77. The third-order valence-corrected chi connectivity index (χ3v) is 3.31. The number of anilines is 1. The van der Waals surface area contributed by atoms with Gasteiger partial charge in [0, 0.05) is 12.7 Å². The summed E-state index contributed by atoms with van der Waals surface area (Å²) in [5.41, 5.74) is 1.79. The third kappa shape index (κ3) is 3.52. The van der Waals surface area contributed by atoms with Crippen LogP contribution in [0.3, 0.4) is 0 Å². The number of amides is 1. The van der Waals surface area contributed by atoms with Gasteiger partial charge in [-0.2, -0.15) is 0 Å². The molecule has 0 fully saturated rings. The summed E-state index contributed by atoms with van der Waals surface area (Å²) in [4.78, 5) is 25.5. The zero-order chi connectivity index (χ0) is 16.2. The Morgan fingerprint density at radius 3 is 2.43 bits per heavy atom. The number of phenols is 1. The molecule has 0 saturated carbocycles. The largest absolute Gasteiger partial charge is 0.508 e. The molecule has 0 heterocycles. The molecule has 0 aliphatic carbocycles. The van der Waals surface area contributed by atoms with Gasteiger partial charge in [0.2, 0.25) is 0 Å². The van der Waals surface area contributed by atoms with E-state index < -0.39 is 12.0 Å². The fourth-order valence-electron chi connectivity index (χ4n) is 2.20. The van der Waals surface area contributed by atoms with Crippen LogP contribution in [0.5, 0.6) is 5.75 Å². The van der Waals surface area contributed by atoms with E-state index in [9.17, 15) is 14.7 Å². The van der Waals surface area contributed by atoms with Crippen LogP contribution in [0.15, 0.2) is 12.1 Å². The zero-order valence-electron chi connectivity index (χ0n) is 13.0. The molecule has 1 amide bonds. The van der Waals surface area contributed by atoms with Gasteiger partial charge in [0.15, 0.2) is 0 Å². The smallest absolute Gasteiger partial charge is 0.328 e. The second kappa shape index (κ2) is 7.08. The van der Waals surface area contributed by atoms with Crippen molar-refractivity contribution in [1.29, 1.82) is 0 Å². The molecule has 1 aromatic rings. The Morgan fingerprint density at radius 1 is 1.29 bits per heavy atom. The van der Waals surface area contributed by atoms with E-state index in [-0.39, 0.29) is 18.3 Å². The molecule has 1 aromatic carbocycles. The molecule has 6 heteroatoms. The molecule has 116 valence electrons. The minimum atomic E-state index is -0.822. The summed E-state index contributed by atoms with van der Waals surface area (Å²) in [6.07, 6.45) is 0. The number of hydrogen-bond donors (Lipinski definition) is 1. The number of nitrogens with zero attached hydrogens (tertiary/aromatic N) is 1. The molecule has 1 atom stereocenters. The summed E-state index contributed by atoms with van der Waals surface area (Å²) in [5.74, 6) is -0.864. The molecule has 6 nitrogen and oxygen atoms in total. The van der Waals surface area contributed by atoms with Crippen LogP contribution in [-0.2, 0) is 19.1 Å². The van der Waals surface area contributed by atoms with Crippen LogP contribution < -0.4 is 4.90 Å². The summed E-state index contributed by atoms with van der Waals surface area (Å²) < 4.78 is 9.59. The summed E-state index contributed by atoms with van der Waals surface area (Å²) >= 11 is 0. The van der Waals surface area contributed by atoms with Crippen molar-refractivity contribution in [1.82, 2.24) is 0 Å². The lowest BCUT2D eigenvalue weighted by Gasteiger charge is -2.30. The summed E-state index contributed by atoms with van der Waals surface area (Å²) in [6.45, 7) is 4.89. The lowest BCUT2D eigenvalue weighted by molar-refractivity contribution is -0.143. The zero-order valence-corrected chi connectivity index (χ0v) is 13.0. The highest BCUT2D eigenvalue weighted by molar-refractivity contribution is 6.01. The van der Waals surface area contributed by atoms with Crippen molar-refractivity contribution in [2.45, 2.75) is 26.8 Å². The van der Waals surface area contributed by atoms with Crippen molar-refractivity contribution in [2.24, 2.45) is 0 Å². The number of rotatable bonds is 5. The van der Waals surface area contributed by atoms with E-state index in [4.69, 9.17) is 9.47 Å². The minimum Gasteiger partial charge on any atom is -0.508 e. The molecule has 0 spiro atoms. The van der Waals surface area contributed by atoms with Gasteiger partial charge in [0.25, 0.3) is 5.91 Å². The molecule has 1 N–H and O–H groups in total. The highest BCUT2D eigenvalue weighted by atomic mass is 16.5. The van der Waals surface area contributed by atoms with Crippen LogP contribution in [0.2, 0.25) is 0 Å². The van der Waals surface area contributed by atoms with E-state index in [0.717, 1.165) is 5.56 Å². The van der Waals surface area contributed by atoms with Gasteiger partial charge in [-0.25, -0.2) is 4.79 Å². The topological polar surface area (TPSA) is 76.1 Å².